The van der Waals surface area contributed by atoms with Crippen LogP contribution in [0.2, 0.25) is 0 Å². The lowest BCUT2D eigenvalue weighted by Gasteiger charge is -2.10. The van der Waals surface area contributed by atoms with Gasteiger partial charge in [-0.2, -0.15) is 13.2 Å². The van der Waals surface area contributed by atoms with Gasteiger partial charge >= 0.3 is 6.18 Å². The molecule has 0 aliphatic rings. The predicted octanol–water partition coefficient (Wildman–Crippen LogP) is 3.70. The molecule has 2 N–H and O–H groups in total. The quantitative estimate of drug-likeness (QED) is 0.872. The molecule has 2 rings (SSSR count). The van der Waals surface area contributed by atoms with Gasteiger partial charge in [0.2, 0.25) is 0 Å². The number of hydrogen-bond donors (Lipinski definition) is 1. The highest BCUT2D eigenvalue weighted by Crippen LogP contribution is 2.33. The van der Waals surface area contributed by atoms with Crippen LogP contribution in [0.5, 0.6) is 0 Å². The Morgan fingerprint density at radius 3 is 2.44 bits per heavy atom. The second-order valence-corrected chi connectivity index (χ2v) is 4.59. The fourth-order valence-corrected chi connectivity index (χ4v) is 2.09. The third kappa shape index (κ3) is 2.10. The van der Waals surface area contributed by atoms with Crippen LogP contribution < -0.4 is 5.73 Å². The summed E-state index contributed by atoms with van der Waals surface area (Å²) in [4.78, 5) is 0. The molecule has 98 valence electrons. The molecule has 0 aliphatic carbocycles. The minimum absolute atomic E-state index is 0.185. The number of benzene rings is 1. The van der Waals surface area contributed by atoms with Crippen molar-refractivity contribution in [1.82, 2.24) is 4.57 Å². The maximum absolute atomic E-state index is 12.7. The maximum Gasteiger partial charge on any atom is 0.416 e. The number of halogens is 3. The van der Waals surface area contributed by atoms with Crippen LogP contribution in [0.15, 0.2) is 24.4 Å². The topological polar surface area (TPSA) is 30.9 Å². The van der Waals surface area contributed by atoms with Crippen molar-refractivity contribution in [1.29, 1.82) is 0 Å². The number of nitrogens with zero attached hydrogens (tertiary/aromatic N) is 1. The van der Waals surface area contributed by atoms with E-state index in [-0.39, 0.29) is 12.6 Å². The molecular weight excluding hydrogens is 241 g/mol. The molecular formula is C13H15F3N2. The Morgan fingerprint density at radius 1 is 1.28 bits per heavy atom. The number of fused-ring (bicyclic) bond motifs is 1. The van der Waals surface area contributed by atoms with Gasteiger partial charge < -0.3 is 10.3 Å². The Balaban J connectivity index is 2.69. The van der Waals surface area contributed by atoms with E-state index in [0.29, 0.717) is 5.39 Å². The molecule has 0 unspecified atom stereocenters. The molecule has 2 aromatic rings. The second kappa shape index (κ2) is 4.31. The fraction of sp³-hybridized carbons (Fsp3) is 0.385. The van der Waals surface area contributed by atoms with Gasteiger partial charge in [-0.3, -0.25) is 0 Å². The molecule has 1 aromatic heterocycles. The van der Waals surface area contributed by atoms with Crippen molar-refractivity contribution in [3.63, 3.8) is 0 Å². The van der Waals surface area contributed by atoms with Gasteiger partial charge in [-0.1, -0.05) is 0 Å². The Bertz CT molecular complexity index is 567. The van der Waals surface area contributed by atoms with E-state index in [0.717, 1.165) is 17.1 Å². The minimum Gasteiger partial charge on any atom is -0.345 e. The third-order valence-corrected chi connectivity index (χ3v) is 3.02. The summed E-state index contributed by atoms with van der Waals surface area (Å²) in [6, 6.07) is 3.99. The molecule has 0 atom stereocenters. The van der Waals surface area contributed by atoms with Gasteiger partial charge in [0, 0.05) is 29.7 Å². The van der Waals surface area contributed by atoms with Crippen LogP contribution in [0, 0.1) is 0 Å². The van der Waals surface area contributed by atoms with E-state index in [1.807, 2.05) is 24.6 Å². The lowest BCUT2D eigenvalue weighted by Crippen LogP contribution is -2.05. The zero-order valence-corrected chi connectivity index (χ0v) is 10.3. The molecule has 0 aliphatic heterocycles. The van der Waals surface area contributed by atoms with Gasteiger partial charge in [0.25, 0.3) is 0 Å². The molecule has 0 amide bonds. The molecule has 2 nitrogen and oxygen atoms in total. The SMILES string of the molecule is CC(C)n1cc(CN)c2cc(C(F)(F)F)ccc21. The zero-order valence-electron chi connectivity index (χ0n) is 10.3. The highest BCUT2D eigenvalue weighted by atomic mass is 19.4. The molecule has 1 aromatic carbocycles. The van der Waals surface area contributed by atoms with E-state index in [4.69, 9.17) is 5.73 Å². The van der Waals surface area contributed by atoms with Gasteiger partial charge in [0.05, 0.1) is 5.56 Å². The summed E-state index contributed by atoms with van der Waals surface area (Å²) in [6.07, 6.45) is -2.49. The first-order chi connectivity index (χ1) is 8.34. The summed E-state index contributed by atoms with van der Waals surface area (Å²) in [5, 5.41) is 0.584. The molecule has 0 fully saturated rings. The number of rotatable bonds is 2. The number of hydrogen-bond acceptors (Lipinski definition) is 1. The summed E-state index contributed by atoms with van der Waals surface area (Å²) in [6.45, 7) is 4.20. The van der Waals surface area contributed by atoms with Crippen LogP contribution in [-0.2, 0) is 12.7 Å². The summed E-state index contributed by atoms with van der Waals surface area (Å²) in [5.74, 6) is 0. The van der Waals surface area contributed by atoms with E-state index >= 15 is 0 Å². The monoisotopic (exact) mass is 256 g/mol. The van der Waals surface area contributed by atoms with Gasteiger partial charge in [-0.15, -0.1) is 0 Å². The van der Waals surface area contributed by atoms with Crippen LogP contribution in [0.4, 0.5) is 13.2 Å². The molecule has 0 radical (unpaired) electrons. The van der Waals surface area contributed by atoms with Crippen LogP contribution in [0.3, 0.4) is 0 Å². The van der Waals surface area contributed by atoms with Crippen molar-refractivity contribution < 1.29 is 13.2 Å². The molecule has 5 heteroatoms. The van der Waals surface area contributed by atoms with E-state index in [1.54, 1.807) is 0 Å². The van der Waals surface area contributed by atoms with Crippen LogP contribution in [-0.4, -0.2) is 4.57 Å². The van der Waals surface area contributed by atoms with Crippen molar-refractivity contribution in [2.75, 3.05) is 0 Å². The lowest BCUT2D eigenvalue weighted by atomic mass is 10.1. The average molecular weight is 256 g/mol. The van der Waals surface area contributed by atoms with Gasteiger partial charge in [-0.05, 0) is 37.6 Å². The number of alkyl halides is 3. The average Bonchev–Trinajstić information content (AvgIpc) is 2.65. The van der Waals surface area contributed by atoms with Crippen molar-refractivity contribution in [3.05, 3.63) is 35.5 Å². The Hall–Kier alpha value is -1.49. The third-order valence-electron chi connectivity index (χ3n) is 3.02. The summed E-state index contributed by atoms with van der Waals surface area (Å²) in [5.41, 5.74) is 6.49. The minimum atomic E-state index is -4.32. The van der Waals surface area contributed by atoms with Crippen LogP contribution >= 0.6 is 0 Å². The predicted molar refractivity (Wildman–Crippen MR) is 65.2 cm³/mol. The van der Waals surface area contributed by atoms with Gasteiger partial charge in [0.15, 0.2) is 0 Å². The Labute approximate surface area is 103 Å². The van der Waals surface area contributed by atoms with Crippen LogP contribution in [0.1, 0.15) is 31.0 Å². The highest BCUT2D eigenvalue weighted by molar-refractivity contribution is 5.85. The normalized spacial score (nSPS) is 12.6. The molecule has 0 bridgehead atoms. The molecule has 18 heavy (non-hydrogen) atoms. The molecule has 0 saturated heterocycles. The first-order valence-corrected chi connectivity index (χ1v) is 5.75. The van der Waals surface area contributed by atoms with E-state index < -0.39 is 11.7 Å². The van der Waals surface area contributed by atoms with E-state index in [1.165, 1.54) is 12.1 Å². The molecule has 1 heterocycles. The number of nitrogens with two attached hydrogens (primary N) is 1. The first-order valence-electron chi connectivity index (χ1n) is 5.75. The van der Waals surface area contributed by atoms with Gasteiger partial charge in [0.1, 0.15) is 0 Å². The highest BCUT2D eigenvalue weighted by Gasteiger charge is 2.31. The largest absolute Gasteiger partial charge is 0.416 e. The Morgan fingerprint density at radius 2 is 1.94 bits per heavy atom. The zero-order chi connectivity index (χ0) is 13.5. The second-order valence-electron chi connectivity index (χ2n) is 4.59. The van der Waals surface area contributed by atoms with Crippen molar-refractivity contribution in [3.8, 4) is 0 Å². The van der Waals surface area contributed by atoms with Crippen molar-refractivity contribution in [2.45, 2.75) is 32.6 Å². The van der Waals surface area contributed by atoms with Crippen LogP contribution in [0.25, 0.3) is 10.9 Å². The standard InChI is InChI=1S/C13H15F3N2/c1-8(2)18-7-9(6-17)11-5-10(13(14,15)16)3-4-12(11)18/h3-5,7-8H,6,17H2,1-2H3. The lowest BCUT2D eigenvalue weighted by molar-refractivity contribution is -0.137. The van der Waals surface area contributed by atoms with Crippen molar-refractivity contribution in [2.24, 2.45) is 5.73 Å². The summed E-state index contributed by atoms with van der Waals surface area (Å²) < 4.78 is 40.0. The maximum atomic E-state index is 12.7. The Kier molecular flexibility index (Phi) is 3.11. The van der Waals surface area contributed by atoms with E-state index in [2.05, 4.69) is 0 Å². The summed E-state index contributed by atoms with van der Waals surface area (Å²) >= 11 is 0. The number of aromatic nitrogens is 1. The smallest absolute Gasteiger partial charge is 0.345 e. The molecule has 0 saturated carbocycles. The van der Waals surface area contributed by atoms with E-state index in [9.17, 15) is 13.2 Å². The van der Waals surface area contributed by atoms with Crippen molar-refractivity contribution >= 4 is 10.9 Å². The molecule has 0 spiro atoms. The first kappa shape index (κ1) is 13.0. The fourth-order valence-electron chi connectivity index (χ4n) is 2.09. The summed E-state index contributed by atoms with van der Waals surface area (Å²) in [7, 11) is 0. The van der Waals surface area contributed by atoms with Gasteiger partial charge in [-0.25, -0.2) is 0 Å².